The van der Waals surface area contributed by atoms with Gasteiger partial charge in [-0.1, -0.05) is 12.1 Å². The molecule has 0 radical (unpaired) electrons. The van der Waals surface area contributed by atoms with Crippen LogP contribution in [0.15, 0.2) is 22.7 Å². The van der Waals surface area contributed by atoms with Crippen molar-refractivity contribution in [3.8, 4) is 0 Å². The highest BCUT2D eigenvalue weighted by Crippen LogP contribution is 2.29. The molecule has 0 saturated heterocycles. The second-order valence-electron chi connectivity index (χ2n) is 5.04. The predicted octanol–water partition coefficient (Wildman–Crippen LogP) is 4.15. The Morgan fingerprint density at radius 2 is 2.05 bits per heavy atom. The van der Waals surface area contributed by atoms with E-state index < -0.39 is 6.43 Å². The van der Waals surface area contributed by atoms with Crippen molar-refractivity contribution >= 4 is 27.5 Å². The number of aryl methyl sites for hydroxylation is 1. The summed E-state index contributed by atoms with van der Waals surface area (Å²) in [5, 5.41) is 6.57. The number of carbonyl (C=O) groups excluding carboxylic acids is 1. The van der Waals surface area contributed by atoms with Gasteiger partial charge in [-0.25, -0.2) is 8.78 Å². The lowest BCUT2D eigenvalue weighted by molar-refractivity contribution is -0.117. The molecule has 0 bridgehead atoms. The van der Waals surface area contributed by atoms with Crippen molar-refractivity contribution in [1.82, 2.24) is 9.78 Å². The molecule has 0 spiro atoms. The van der Waals surface area contributed by atoms with Gasteiger partial charge >= 0.3 is 0 Å². The Hall–Kier alpha value is -1.76. The summed E-state index contributed by atoms with van der Waals surface area (Å²) in [5.74, 6) is -0.312. The number of hydrogen-bond acceptors (Lipinski definition) is 2. The molecule has 1 N–H and O–H groups in total. The van der Waals surface area contributed by atoms with Crippen molar-refractivity contribution in [2.75, 3.05) is 5.32 Å². The van der Waals surface area contributed by atoms with E-state index in [4.69, 9.17) is 0 Å². The number of rotatable bonds is 4. The van der Waals surface area contributed by atoms with Crippen LogP contribution in [0.3, 0.4) is 0 Å². The maximum Gasteiger partial charge on any atom is 0.283 e. The first kappa shape index (κ1) is 16.6. The van der Waals surface area contributed by atoms with Crippen LogP contribution in [0.5, 0.6) is 0 Å². The lowest BCUT2D eigenvalue weighted by Crippen LogP contribution is -2.21. The molecule has 1 aromatic carbocycles. The Morgan fingerprint density at radius 3 is 2.64 bits per heavy atom. The van der Waals surface area contributed by atoms with Crippen molar-refractivity contribution in [3.05, 3.63) is 45.2 Å². The Labute approximate surface area is 135 Å². The molecule has 7 heteroatoms. The van der Waals surface area contributed by atoms with E-state index in [0.717, 1.165) is 11.1 Å². The molecule has 1 amide bonds. The maximum atomic E-state index is 12.8. The summed E-state index contributed by atoms with van der Waals surface area (Å²) in [5.41, 5.74) is 2.89. The molecular weight excluding hydrogens is 356 g/mol. The Kier molecular flexibility index (Phi) is 4.95. The molecule has 0 aliphatic carbocycles. The summed E-state index contributed by atoms with van der Waals surface area (Å²) < 4.78 is 27.1. The standard InChI is InChI=1S/C15H16BrF2N3O/c1-8-5-4-6-11(9(8)2)19-12(22)7-21-10(3)13(16)14(20-21)15(17)18/h4-6,15H,7H2,1-3H3,(H,19,22). The minimum atomic E-state index is -2.68. The third-order valence-electron chi connectivity index (χ3n) is 3.54. The number of hydrogen-bond donors (Lipinski definition) is 1. The fraction of sp³-hybridized carbons (Fsp3) is 0.333. The van der Waals surface area contributed by atoms with E-state index in [9.17, 15) is 13.6 Å². The molecule has 0 unspecified atom stereocenters. The van der Waals surface area contributed by atoms with E-state index in [1.807, 2.05) is 26.0 Å². The monoisotopic (exact) mass is 371 g/mol. The van der Waals surface area contributed by atoms with Gasteiger partial charge in [-0.2, -0.15) is 5.10 Å². The maximum absolute atomic E-state index is 12.8. The zero-order valence-electron chi connectivity index (χ0n) is 12.5. The molecule has 4 nitrogen and oxygen atoms in total. The smallest absolute Gasteiger partial charge is 0.283 e. The van der Waals surface area contributed by atoms with Gasteiger partial charge in [0.1, 0.15) is 12.2 Å². The summed E-state index contributed by atoms with van der Waals surface area (Å²) in [6.07, 6.45) is -2.68. The van der Waals surface area contributed by atoms with E-state index in [-0.39, 0.29) is 22.6 Å². The summed E-state index contributed by atoms with van der Waals surface area (Å²) in [7, 11) is 0. The zero-order valence-corrected chi connectivity index (χ0v) is 14.0. The average Bonchev–Trinajstić information content (AvgIpc) is 2.72. The normalized spacial score (nSPS) is 11.0. The van der Waals surface area contributed by atoms with Gasteiger partial charge in [0.05, 0.1) is 10.2 Å². The van der Waals surface area contributed by atoms with Gasteiger partial charge in [0.2, 0.25) is 5.91 Å². The van der Waals surface area contributed by atoms with Gasteiger partial charge in [-0.15, -0.1) is 0 Å². The number of aromatic nitrogens is 2. The number of benzene rings is 1. The SMILES string of the molecule is Cc1cccc(NC(=O)Cn2nc(C(F)F)c(Br)c2C)c1C. The quantitative estimate of drug-likeness (QED) is 0.877. The lowest BCUT2D eigenvalue weighted by Gasteiger charge is -2.11. The van der Waals surface area contributed by atoms with Crippen molar-refractivity contribution in [1.29, 1.82) is 0 Å². The van der Waals surface area contributed by atoms with Crippen molar-refractivity contribution in [3.63, 3.8) is 0 Å². The first-order valence-corrected chi connectivity index (χ1v) is 7.47. The highest BCUT2D eigenvalue weighted by molar-refractivity contribution is 9.10. The number of anilines is 1. The molecule has 0 aliphatic heterocycles. The molecule has 1 heterocycles. The van der Waals surface area contributed by atoms with E-state index in [0.29, 0.717) is 11.4 Å². The molecule has 118 valence electrons. The van der Waals surface area contributed by atoms with Crippen LogP contribution in [0.25, 0.3) is 0 Å². The van der Waals surface area contributed by atoms with Crippen LogP contribution in [-0.2, 0) is 11.3 Å². The summed E-state index contributed by atoms with van der Waals surface area (Å²) >= 11 is 3.08. The largest absolute Gasteiger partial charge is 0.324 e. The summed E-state index contributed by atoms with van der Waals surface area (Å²) in [6, 6.07) is 5.61. The molecule has 0 atom stereocenters. The third kappa shape index (κ3) is 3.35. The molecule has 0 aliphatic rings. The highest BCUT2D eigenvalue weighted by atomic mass is 79.9. The first-order valence-electron chi connectivity index (χ1n) is 6.68. The number of halogens is 3. The van der Waals surface area contributed by atoms with Gasteiger partial charge in [-0.05, 0) is 53.9 Å². The van der Waals surface area contributed by atoms with Crippen molar-refractivity contribution in [2.45, 2.75) is 33.7 Å². The highest BCUT2D eigenvalue weighted by Gasteiger charge is 2.21. The van der Waals surface area contributed by atoms with Gasteiger partial charge in [0, 0.05) is 5.69 Å². The number of alkyl halides is 2. The molecule has 22 heavy (non-hydrogen) atoms. The predicted molar refractivity (Wildman–Crippen MR) is 84.2 cm³/mol. The summed E-state index contributed by atoms with van der Waals surface area (Å²) in [4.78, 5) is 12.1. The van der Waals surface area contributed by atoms with Crippen LogP contribution in [0.4, 0.5) is 14.5 Å². The van der Waals surface area contributed by atoms with Gasteiger partial charge in [-0.3, -0.25) is 9.48 Å². The van der Waals surface area contributed by atoms with Crippen molar-refractivity contribution < 1.29 is 13.6 Å². The Balaban J connectivity index is 2.16. The number of nitrogens with one attached hydrogen (secondary N) is 1. The second kappa shape index (κ2) is 6.56. The molecule has 1 aromatic heterocycles. The minimum Gasteiger partial charge on any atom is -0.324 e. The van der Waals surface area contributed by atoms with Gasteiger partial charge in [0.25, 0.3) is 6.43 Å². The van der Waals surface area contributed by atoms with Crippen LogP contribution in [0.2, 0.25) is 0 Å². The Morgan fingerprint density at radius 1 is 1.36 bits per heavy atom. The van der Waals surface area contributed by atoms with Crippen LogP contribution >= 0.6 is 15.9 Å². The topological polar surface area (TPSA) is 46.9 Å². The van der Waals surface area contributed by atoms with Crippen LogP contribution < -0.4 is 5.32 Å². The van der Waals surface area contributed by atoms with Crippen LogP contribution in [-0.4, -0.2) is 15.7 Å². The fourth-order valence-electron chi connectivity index (χ4n) is 2.05. The average molecular weight is 372 g/mol. The molecule has 2 aromatic rings. The fourth-order valence-corrected chi connectivity index (χ4v) is 2.51. The lowest BCUT2D eigenvalue weighted by atomic mass is 10.1. The van der Waals surface area contributed by atoms with Gasteiger partial charge in [0.15, 0.2) is 0 Å². The van der Waals surface area contributed by atoms with E-state index >= 15 is 0 Å². The number of amides is 1. The van der Waals surface area contributed by atoms with Crippen LogP contribution in [0.1, 0.15) is 28.9 Å². The van der Waals surface area contributed by atoms with E-state index in [1.54, 1.807) is 13.0 Å². The van der Waals surface area contributed by atoms with E-state index in [2.05, 4.69) is 26.3 Å². The number of carbonyl (C=O) groups is 1. The minimum absolute atomic E-state index is 0.121. The Bertz CT molecular complexity index is 713. The van der Waals surface area contributed by atoms with Crippen molar-refractivity contribution in [2.24, 2.45) is 0 Å². The third-order valence-corrected chi connectivity index (χ3v) is 4.52. The molecular formula is C15H16BrF2N3O. The molecule has 0 saturated carbocycles. The number of nitrogens with zero attached hydrogens (tertiary/aromatic N) is 2. The first-order chi connectivity index (χ1) is 10.3. The molecule has 0 fully saturated rings. The van der Waals surface area contributed by atoms with Crippen LogP contribution in [0, 0.1) is 20.8 Å². The summed E-state index contributed by atoms with van der Waals surface area (Å²) in [6.45, 7) is 5.38. The van der Waals surface area contributed by atoms with E-state index in [1.165, 1.54) is 4.68 Å². The molecule has 2 rings (SSSR count). The second-order valence-corrected chi connectivity index (χ2v) is 5.83. The van der Waals surface area contributed by atoms with Gasteiger partial charge < -0.3 is 5.32 Å². The zero-order chi connectivity index (χ0) is 16.4.